The second-order valence-corrected chi connectivity index (χ2v) is 2.20. The minimum Gasteiger partial charge on any atom is -0.437 e. The first-order valence-electron chi connectivity index (χ1n) is 1.31. The molecular formula is C4H9OPVY-2. The molecule has 0 fully saturated rings. The molecule has 0 saturated carbocycles. The van der Waals surface area contributed by atoms with Gasteiger partial charge in [0.25, 0.3) is 0 Å². The summed E-state index contributed by atoms with van der Waals surface area (Å²) in [6.07, 6.45) is 0. The van der Waals surface area contributed by atoms with E-state index in [-0.39, 0.29) is 58.7 Å². The van der Waals surface area contributed by atoms with Crippen molar-refractivity contribution in [3.63, 3.8) is 0 Å². The van der Waals surface area contributed by atoms with Crippen molar-refractivity contribution in [1.82, 2.24) is 0 Å². The van der Waals surface area contributed by atoms with Crippen molar-refractivity contribution in [1.29, 1.82) is 0 Å². The zero-order chi connectivity index (χ0) is 4.28. The van der Waals surface area contributed by atoms with E-state index in [4.69, 9.17) is 0 Å². The molecule has 0 saturated heterocycles. The summed E-state index contributed by atoms with van der Waals surface area (Å²) in [5.74, 6) is 2.32. The van der Waals surface area contributed by atoms with Crippen molar-refractivity contribution >= 4 is 7.80 Å². The molecule has 1 nitrogen and oxygen atoms in total. The van der Waals surface area contributed by atoms with Crippen LogP contribution in [0.4, 0.5) is 0 Å². The van der Waals surface area contributed by atoms with Gasteiger partial charge < -0.3 is 17.8 Å². The van der Waals surface area contributed by atoms with Crippen molar-refractivity contribution in [2.75, 3.05) is 6.66 Å². The fourth-order valence-electron chi connectivity index (χ4n) is 0. The smallest absolute Gasteiger partial charge is 0 e. The molecule has 1 atom stereocenters. The van der Waals surface area contributed by atoms with Crippen molar-refractivity contribution in [2.24, 2.45) is 0 Å². The SMILES string of the molecule is C=[C-][PH](C)=O.[CH3-].[V].[Y]. The number of hydrogen-bond acceptors (Lipinski definition) is 1. The molecule has 46 valence electrons. The van der Waals surface area contributed by atoms with E-state index < -0.39 is 7.80 Å². The van der Waals surface area contributed by atoms with Crippen LogP contribution in [0, 0.1) is 13.2 Å². The van der Waals surface area contributed by atoms with Gasteiger partial charge >= 0.3 is 0 Å². The van der Waals surface area contributed by atoms with Gasteiger partial charge in [-0.3, -0.25) is 6.58 Å². The van der Waals surface area contributed by atoms with Crippen molar-refractivity contribution in [3.8, 4) is 0 Å². The molecule has 0 amide bonds. The predicted molar refractivity (Wildman–Crippen MR) is 30.2 cm³/mol. The van der Waals surface area contributed by atoms with Crippen LogP contribution in [0.5, 0.6) is 0 Å². The van der Waals surface area contributed by atoms with E-state index in [1.54, 1.807) is 6.66 Å². The van der Waals surface area contributed by atoms with Crippen LogP contribution >= 0.6 is 7.80 Å². The zero-order valence-corrected chi connectivity index (χ0v) is 10.4. The summed E-state index contributed by atoms with van der Waals surface area (Å²) in [4.78, 5) is 0. The molecule has 1 unspecified atom stereocenters. The first-order chi connectivity index (χ1) is 2.27. The Bertz CT molecular complexity index is 67.1. The summed E-state index contributed by atoms with van der Waals surface area (Å²) in [7, 11) is -1.49. The molecule has 0 rings (SSSR count). The maximum atomic E-state index is 9.82. The largest absolute Gasteiger partial charge is 0.437 e. The monoisotopic (exact) mass is 244 g/mol. The molecular weight excluding hydrogens is 235 g/mol. The Morgan fingerprint density at radius 3 is 1.75 bits per heavy atom. The van der Waals surface area contributed by atoms with Crippen LogP contribution in [0.25, 0.3) is 0 Å². The van der Waals surface area contributed by atoms with E-state index in [1.165, 1.54) is 0 Å². The Labute approximate surface area is 89.2 Å². The molecule has 0 aromatic heterocycles. The van der Waals surface area contributed by atoms with Gasteiger partial charge in [-0.25, -0.2) is 0 Å². The summed E-state index contributed by atoms with van der Waals surface area (Å²) in [5.41, 5.74) is 0. The molecule has 2 radical (unpaired) electrons. The van der Waals surface area contributed by atoms with Gasteiger partial charge in [-0.1, -0.05) is 7.80 Å². The number of hydrogen-bond donors (Lipinski definition) is 0. The summed E-state index contributed by atoms with van der Waals surface area (Å²) < 4.78 is 9.82. The molecule has 0 N–H and O–H groups in total. The van der Waals surface area contributed by atoms with Gasteiger partial charge in [0, 0.05) is 51.3 Å². The Hall–Kier alpha value is 1.66. The van der Waals surface area contributed by atoms with Crippen LogP contribution in [-0.2, 0) is 55.8 Å². The molecule has 0 aliphatic carbocycles. The van der Waals surface area contributed by atoms with E-state index in [0.29, 0.717) is 0 Å². The van der Waals surface area contributed by atoms with E-state index in [2.05, 4.69) is 12.4 Å². The maximum absolute atomic E-state index is 9.82. The van der Waals surface area contributed by atoms with Gasteiger partial charge in [-0.05, 0) is 6.66 Å². The summed E-state index contributed by atoms with van der Waals surface area (Å²) in [5, 5.41) is 0. The molecule has 0 bridgehead atoms. The van der Waals surface area contributed by atoms with Crippen LogP contribution in [0.2, 0.25) is 0 Å². The Morgan fingerprint density at radius 1 is 1.62 bits per heavy atom. The molecule has 0 aromatic rings. The minimum absolute atomic E-state index is 0. The maximum Gasteiger partial charge on any atom is 0 e. The normalized spacial score (nSPS) is 8.62. The quantitative estimate of drug-likeness (QED) is 0.505. The molecule has 0 heterocycles. The van der Waals surface area contributed by atoms with Crippen LogP contribution in [-0.4, -0.2) is 6.66 Å². The van der Waals surface area contributed by atoms with Crippen LogP contribution in [0.1, 0.15) is 0 Å². The summed E-state index contributed by atoms with van der Waals surface area (Å²) >= 11 is 0. The third-order valence-electron chi connectivity index (χ3n) is 0.249. The average molecular weight is 244 g/mol. The standard InChI is InChI=1S/C3H6OP.CH3.V.Y/c1-3-5(2)4;;;/h5H,1H2,2H3;1H3;;/q2*-1;;. The minimum atomic E-state index is -1.49. The molecule has 0 aliphatic heterocycles. The van der Waals surface area contributed by atoms with Crippen LogP contribution in [0.3, 0.4) is 0 Å². The molecule has 4 heteroatoms. The molecule has 8 heavy (non-hydrogen) atoms. The predicted octanol–water partition coefficient (Wildman–Crippen LogP) is 1.57. The Kier molecular flexibility index (Phi) is 44.8. The van der Waals surface area contributed by atoms with Crippen LogP contribution < -0.4 is 0 Å². The fourth-order valence-corrected chi connectivity index (χ4v) is 0. The first-order valence-corrected chi connectivity index (χ1v) is 3.22. The zero-order valence-electron chi connectivity index (χ0n) is 5.14. The van der Waals surface area contributed by atoms with Gasteiger partial charge in [-0.15, -0.1) is 0 Å². The average Bonchev–Trinajstić information content (AvgIpc) is 1.38. The van der Waals surface area contributed by atoms with Crippen molar-refractivity contribution < 1.29 is 55.8 Å². The van der Waals surface area contributed by atoms with E-state index in [9.17, 15) is 4.57 Å². The van der Waals surface area contributed by atoms with Gasteiger partial charge in [0.15, 0.2) is 0 Å². The van der Waals surface area contributed by atoms with Crippen molar-refractivity contribution in [2.45, 2.75) is 0 Å². The second-order valence-electron chi connectivity index (χ2n) is 0.733. The van der Waals surface area contributed by atoms with Gasteiger partial charge in [-0.2, -0.15) is 0 Å². The Balaban J connectivity index is -0.0000000267. The summed E-state index contributed by atoms with van der Waals surface area (Å²) in [6, 6.07) is 0. The molecule has 0 aliphatic rings. The Morgan fingerprint density at radius 2 is 1.75 bits per heavy atom. The second kappa shape index (κ2) is 15.9. The summed E-state index contributed by atoms with van der Waals surface area (Å²) in [6.45, 7) is 4.76. The number of rotatable bonds is 1. The topological polar surface area (TPSA) is 17.1 Å². The van der Waals surface area contributed by atoms with Gasteiger partial charge in [0.05, 0.1) is 0 Å². The molecule has 0 spiro atoms. The fraction of sp³-hybridized carbons (Fsp3) is 0.250. The van der Waals surface area contributed by atoms with E-state index in [1.807, 2.05) is 0 Å². The van der Waals surface area contributed by atoms with E-state index in [0.717, 1.165) is 0 Å². The van der Waals surface area contributed by atoms with Gasteiger partial charge in [0.1, 0.15) is 0 Å². The third kappa shape index (κ3) is 25.4. The third-order valence-corrected chi connectivity index (χ3v) is 0.747. The van der Waals surface area contributed by atoms with Crippen molar-refractivity contribution in [3.05, 3.63) is 19.8 Å². The molecule has 0 aromatic carbocycles. The first kappa shape index (κ1) is 22.6. The van der Waals surface area contributed by atoms with Gasteiger partial charge in [0.2, 0.25) is 0 Å². The van der Waals surface area contributed by atoms with E-state index >= 15 is 0 Å². The van der Waals surface area contributed by atoms with Crippen LogP contribution in [0.15, 0.2) is 6.58 Å².